The molecule has 1 rings (SSSR count). The van der Waals surface area contributed by atoms with Crippen molar-refractivity contribution in [3.05, 3.63) is 28.3 Å². The third kappa shape index (κ3) is 4.67. The second kappa shape index (κ2) is 8.34. The average Bonchev–Trinajstić information content (AvgIpc) is 2.42. The number of para-hydroxylation sites is 1. The number of hydrogen-bond acceptors (Lipinski definition) is 6. The second-order valence-electron chi connectivity index (χ2n) is 4.25. The fourth-order valence-corrected chi connectivity index (χ4v) is 1.66. The number of nitrogens with one attached hydrogen (secondary N) is 1. The van der Waals surface area contributed by atoms with E-state index in [0.717, 1.165) is 6.42 Å². The maximum atomic E-state index is 11.2. The molecule has 0 aliphatic carbocycles. The molecule has 0 aliphatic heterocycles. The van der Waals surface area contributed by atoms with Crippen LogP contribution in [0.4, 0.5) is 11.4 Å². The lowest BCUT2D eigenvalue weighted by Gasteiger charge is -2.13. The van der Waals surface area contributed by atoms with Gasteiger partial charge in [0, 0.05) is 13.7 Å². The number of nitro groups is 1. The van der Waals surface area contributed by atoms with Gasteiger partial charge in [0.2, 0.25) is 0 Å². The van der Waals surface area contributed by atoms with E-state index >= 15 is 0 Å². The van der Waals surface area contributed by atoms with Gasteiger partial charge in [0.15, 0.2) is 5.75 Å². The molecule has 7 nitrogen and oxygen atoms in total. The Labute approximate surface area is 117 Å². The number of aliphatic hydroxyl groups is 1. The quantitative estimate of drug-likeness (QED) is 0.530. The minimum absolute atomic E-state index is 0.120. The zero-order chi connectivity index (χ0) is 15.0. The van der Waals surface area contributed by atoms with Gasteiger partial charge in [-0.1, -0.05) is 13.0 Å². The van der Waals surface area contributed by atoms with Crippen LogP contribution >= 0.6 is 0 Å². The lowest BCUT2D eigenvalue weighted by molar-refractivity contribution is -0.385. The van der Waals surface area contributed by atoms with Gasteiger partial charge in [-0.05, 0) is 18.6 Å². The molecule has 0 aromatic heterocycles. The van der Waals surface area contributed by atoms with E-state index in [1.165, 1.54) is 7.11 Å². The maximum absolute atomic E-state index is 11.2. The van der Waals surface area contributed by atoms with Crippen LogP contribution in [0.5, 0.6) is 5.75 Å². The van der Waals surface area contributed by atoms with Crippen LogP contribution < -0.4 is 10.1 Å². The van der Waals surface area contributed by atoms with Gasteiger partial charge in [0.25, 0.3) is 0 Å². The molecule has 112 valence electrons. The number of benzene rings is 1. The molecule has 20 heavy (non-hydrogen) atoms. The van der Waals surface area contributed by atoms with E-state index in [4.69, 9.17) is 9.47 Å². The minimum atomic E-state index is -0.736. The molecule has 1 aromatic rings. The largest absolute Gasteiger partial charge is 0.487 e. The first-order chi connectivity index (χ1) is 9.60. The van der Waals surface area contributed by atoms with Crippen molar-refractivity contribution in [2.24, 2.45) is 0 Å². The van der Waals surface area contributed by atoms with Crippen LogP contribution in [0.3, 0.4) is 0 Å². The predicted octanol–water partition coefficient (Wildman–Crippen LogP) is 1.80. The summed E-state index contributed by atoms with van der Waals surface area (Å²) in [5.74, 6) is 0.225. The zero-order valence-electron chi connectivity index (χ0n) is 11.7. The van der Waals surface area contributed by atoms with Crippen molar-refractivity contribution in [3.63, 3.8) is 0 Å². The highest BCUT2D eigenvalue weighted by Gasteiger charge is 2.21. The summed E-state index contributed by atoms with van der Waals surface area (Å²) in [6.45, 7) is 2.66. The molecule has 0 saturated heterocycles. The molecule has 1 atom stereocenters. The number of rotatable bonds is 9. The number of anilines is 1. The first-order valence-corrected chi connectivity index (χ1v) is 6.41. The highest BCUT2D eigenvalue weighted by molar-refractivity contribution is 5.68. The van der Waals surface area contributed by atoms with E-state index in [2.05, 4.69) is 5.32 Å². The van der Waals surface area contributed by atoms with E-state index in [1.54, 1.807) is 18.2 Å². The van der Waals surface area contributed by atoms with Crippen LogP contribution in [-0.2, 0) is 4.74 Å². The summed E-state index contributed by atoms with van der Waals surface area (Å²) < 4.78 is 10.2. The predicted molar refractivity (Wildman–Crippen MR) is 75.3 cm³/mol. The summed E-state index contributed by atoms with van der Waals surface area (Å²) in [5, 5.41) is 23.6. The number of aliphatic hydroxyl groups excluding tert-OH is 1. The molecule has 1 aromatic carbocycles. The molecule has 1 unspecified atom stereocenters. The van der Waals surface area contributed by atoms with Crippen LogP contribution in [-0.4, -0.2) is 43.0 Å². The maximum Gasteiger partial charge on any atom is 0.333 e. The topological polar surface area (TPSA) is 93.9 Å². The smallest absolute Gasteiger partial charge is 0.333 e. The van der Waals surface area contributed by atoms with Crippen molar-refractivity contribution in [1.29, 1.82) is 0 Å². The lowest BCUT2D eigenvalue weighted by Crippen LogP contribution is -2.24. The van der Waals surface area contributed by atoms with Crippen molar-refractivity contribution in [2.75, 3.05) is 32.2 Å². The highest BCUT2D eigenvalue weighted by Crippen LogP contribution is 2.34. The van der Waals surface area contributed by atoms with Crippen LogP contribution in [0.25, 0.3) is 0 Å². The molecule has 0 amide bonds. The fraction of sp³-hybridized carbons (Fsp3) is 0.538. The van der Waals surface area contributed by atoms with Crippen molar-refractivity contribution in [3.8, 4) is 5.75 Å². The fourth-order valence-electron chi connectivity index (χ4n) is 1.66. The van der Waals surface area contributed by atoms with Crippen LogP contribution in [0.15, 0.2) is 18.2 Å². The lowest BCUT2D eigenvalue weighted by atomic mass is 10.2. The van der Waals surface area contributed by atoms with Crippen molar-refractivity contribution >= 4 is 11.4 Å². The van der Waals surface area contributed by atoms with E-state index in [-0.39, 0.29) is 24.6 Å². The Hall–Kier alpha value is -1.86. The Morgan fingerprint density at radius 1 is 1.50 bits per heavy atom. The first-order valence-electron chi connectivity index (χ1n) is 6.41. The first kappa shape index (κ1) is 16.2. The average molecular weight is 284 g/mol. The van der Waals surface area contributed by atoms with Gasteiger partial charge in [0.05, 0.1) is 24.2 Å². The van der Waals surface area contributed by atoms with Crippen LogP contribution in [0.2, 0.25) is 0 Å². The normalized spacial score (nSPS) is 11.9. The highest BCUT2D eigenvalue weighted by atomic mass is 16.6. The molecular formula is C13H20N2O5. The van der Waals surface area contributed by atoms with E-state index < -0.39 is 11.0 Å². The van der Waals surface area contributed by atoms with Gasteiger partial charge in [-0.25, -0.2) is 0 Å². The van der Waals surface area contributed by atoms with Gasteiger partial charge in [-0.2, -0.15) is 0 Å². The van der Waals surface area contributed by atoms with Crippen LogP contribution in [0.1, 0.15) is 13.3 Å². The molecule has 0 saturated carbocycles. The summed E-state index contributed by atoms with van der Waals surface area (Å²) >= 11 is 0. The Morgan fingerprint density at radius 3 is 2.85 bits per heavy atom. The van der Waals surface area contributed by atoms with Gasteiger partial charge < -0.3 is 19.9 Å². The standard InChI is InChI=1S/C13H20N2O5/c1-3-7-20-12-6-4-5-11(13(12)15(17)18)14-8-10(16)9-19-2/h4-6,10,14,16H,3,7-9H2,1-2H3. The number of nitro benzene ring substituents is 1. The molecule has 0 heterocycles. The molecular weight excluding hydrogens is 264 g/mol. The molecule has 0 aliphatic rings. The van der Waals surface area contributed by atoms with Crippen molar-refractivity contribution in [2.45, 2.75) is 19.4 Å². The molecule has 7 heteroatoms. The van der Waals surface area contributed by atoms with Gasteiger partial charge in [-0.15, -0.1) is 0 Å². The van der Waals surface area contributed by atoms with Gasteiger partial charge in [-0.3, -0.25) is 10.1 Å². The number of hydrogen-bond donors (Lipinski definition) is 2. The summed E-state index contributed by atoms with van der Waals surface area (Å²) in [5.41, 5.74) is 0.198. The third-order valence-electron chi connectivity index (χ3n) is 2.53. The molecule has 0 spiro atoms. The van der Waals surface area contributed by atoms with Crippen LogP contribution in [0, 0.1) is 10.1 Å². The second-order valence-corrected chi connectivity index (χ2v) is 4.25. The third-order valence-corrected chi connectivity index (χ3v) is 2.53. The minimum Gasteiger partial charge on any atom is -0.487 e. The van der Waals surface area contributed by atoms with Gasteiger partial charge in [0.1, 0.15) is 5.69 Å². The summed E-state index contributed by atoms with van der Waals surface area (Å²) in [4.78, 5) is 10.7. The Balaban J connectivity index is 2.86. The Kier molecular flexibility index (Phi) is 6.75. The van der Waals surface area contributed by atoms with E-state index in [0.29, 0.717) is 12.3 Å². The molecule has 2 N–H and O–H groups in total. The number of ether oxygens (including phenoxy) is 2. The van der Waals surface area contributed by atoms with Crippen molar-refractivity contribution in [1.82, 2.24) is 0 Å². The SMILES string of the molecule is CCCOc1cccc(NCC(O)COC)c1[N+](=O)[O-]. The van der Waals surface area contributed by atoms with E-state index in [1.807, 2.05) is 6.92 Å². The van der Waals surface area contributed by atoms with Gasteiger partial charge >= 0.3 is 5.69 Å². The number of nitrogens with zero attached hydrogens (tertiary/aromatic N) is 1. The zero-order valence-corrected chi connectivity index (χ0v) is 11.7. The van der Waals surface area contributed by atoms with E-state index in [9.17, 15) is 15.2 Å². The Morgan fingerprint density at radius 2 is 2.25 bits per heavy atom. The summed E-state index contributed by atoms with van der Waals surface area (Å²) in [7, 11) is 1.48. The van der Waals surface area contributed by atoms with Crippen molar-refractivity contribution < 1.29 is 19.5 Å². The Bertz CT molecular complexity index is 439. The molecule has 0 fully saturated rings. The summed E-state index contributed by atoms with van der Waals surface area (Å²) in [6, 6.07) is 4.81. The summed E-state index contributed by atoms with van der Waals surface area (Å²) in [6.07, 6.45) is 0.0290. The number of methoxy groups -OCH3 is 1. The monoisotopic (exact) mass is 284 g/mol. The molecule has 0 bridgehead atoms. The molecule has 0 radical (unpaired) electrons.